The van der Waals surface area contributed by atoms with Crippen LogP contribution in [0, 0.1) is 20.8 Å². The second kappa shape index (κ2) is 5.90. The van der Waals surface area contributed by atoms with Gasteiger partial charge < -0.3 is 10.6 Å². The van der Waals surface area contributed by atoms with Crippen LogP contribution in [0.1, 0.15) is 29.4 Å². The minimum atomic E-state index is 0.816. The first kappa shape index (κ1) is 14.3. The summed E-state index contributed by atoms with van der Waals surface area (Å²) in [7, 11) is 1.88. The van der Waals surface area contributed by atoms with Crippen LogP contribution in [0.4, 0.5) is 17.3 Å². The van der Waals surface area contributed by atoms with Crippen LogP contribution in [-0.4, -0.2) is 17.0 Å². The van der Waals surface area contributed by atoms with Gasteiger partial charge in [0.1, 0.15) is 17.5 Å². The SMILES string of the molecule is CCc1nc(NC)c(C)c(Nc2ccc(C)c(C)c2)n1. The predicted molar refractivity (Wildman–Crippen MR) is 84.9 cm³/mol. The van der Waals surface area contributed by atoms with Crippen LogP contribution in [0.5, 0.6) is 0 Å². The molecule has 0 saturated carbocycles. The minimum absolute atomic E-state index is 0.816. The van der Waals surface area contributed by atoms with Gasteiger partial charge in [-0.2, -0.15) is 0 Å². The first-order valence-corrected chi connectivity index (χ1v) is 6.94. The van der Waals surface area contributed by atoms with E-state index in [1.165, 1.54) is 11.1 Å². The lowest BCUT2D eigenvalue weighted by atomic mass is 10.1. The molecule has 1 aromatic carbocycles. The molecule has 0 bridgehead atoms. The minimum Gasteiger partial charge on any atom is -0.373 e. The van der Waals surface area contributed by atoms with Gasteiger partial charge in [-0.05, 0) is 44.0 Å². The van der Waals surface area contributed by atoms with E-state index in [-0.39, 0.29) is 0 Å². The highest BCUT2D eigenvalue weighted by Gasteiger charge is 2.09. The molecular weight excluding hydrogens is 248 g/mol. The molecule has 1 heterocycles. The van der Waals surface area contributed by atoms with Gasteiger partial charge in [0.25, 0.3) is 0 Å². The zero-order valence-electron chi connectivity index (χ0n) is 12.8. The Balaban J connectivity index is 2.39. The van der Waals surface area contributed by atoms with E-state index >= 15 is 0 Å². The summed E-state index contributed by atoms with van der Waals surface area (Å²) in [6.45, 7) is 8.31. The summed E-state index contributed by atoms with van der Waals surface area (Å²) in [6, 6.07) is 6.34. The molecule has 0 fully saturated rings. The third-order valence-corrected chi connectivity index (χ3v) is 3.51. The maximum absolute atomic E-state index is 4.58. The summed E-state index contributed by atoms with van der Waals surface area (Å²) < 4.78 is 0. The van der Waals surface area contributed by atoms with Gasteiger partial charge in [-0.25, -0.2) is 9.97 Å². The van der Waals surface area contributed by atoms with Crippen LogP contribution in [0.15, 0.2) is 18.2 Å². The Morgan fingerprint density at radius 3 is 2.30 bits per heavy atom. The lowest BCUT2D eigenvalue weighted by Crippen LogP contribution is -2.07. The monoisotopic (exact) mass is 270 g/mol. The number of hydrogen-bond acceptors (Lipinski definition) is 4. The molecule has 2 N–H and O–H groups in total. The maximum atomic E-state index is 4.58. The van der Waals surface area contributed by atoms with Crippen molar-refractivity contribution in [2.45, 2.75) is 34.1 Å². The molecule has 0 spiro atoms. The zero-order valence-corrected chi connectivity index (χ0v) is 12.8. The third-order valence-electron chi connectivity index (χ3n) is 3.51. The average Bonchev–Trinajstić information content (AvgIpc) is 2.45. The van der Waals surface area contributed by atoms with Crippen molar-refractivity contribution in [1.82, 2.24) is 9.97 Å². The van der Waals surface area contributed by atoms with Crippen LogP contribution in [0.25, 0.3) is 0 Å². The molecule has 4 heteroatoms. The standard InChI is InChI=1S/C16H22N4/c1-6-14-19-15(17-5)12(4)16(20-14)18-13-8-7-10(2)11(3)9-13/h7-9H,6H2,1-5H3,(H2,17,18,19,20). The largest absolute Gasteiger partial charge is 0.373 e. The van der Waals surface area contributed by atoms with E-state index in [0.717, 1.165) is 35.1 Å². The predicted octanol–water partition coefficient (Wildman–Crippen LogP) is 3.75. The van der Waals surface area contributed by atoms with Crippen LogP contribution < -0.4 is 10.6 Å². The van der Waals surface area contributed by atoms with Crippen LogP contribution in [0.2, 0.25) is 0 Å². The van der Waals surface area contributed by atoms with E-state index < -0.39 is 0 Å². The Morgan fingerprint density at radius 1 is 1.00 bits per heavy atom. The van der Waals surface area contributed by atoms with E-state index in [1.807, 2.05) is 14.0 Å². The van der Waals surface area contributed by atoms with Gasteiger partial charge in [0.2, 0.25) is 0 Å². The van der Waals surface area contributed by atoms with Crippen molar-refractivity contribution in [3.63, 3.8) is 0 Å². The summed E-state index contributed by atoms with van der Waals surface area (Å²) in [4.78, 5) is 9.07. The van der Waals surface area contributed by atoms with E-state index in [9.17, 15) is 0 Å². The summed E-state index contributed by atoms with van der Waals surface area (Å²) in [5.74, 6) is 2.58. The van der Waals surface area contributed by atoms with E-state index in [2.05, 4.69) is 59.6 Å². The number of aryl methyl sites for hydroxylation is 3. The Kier molecular flexibility index (Phi) is 4.23. The fraction of sp³-hybridized carbons (Fsp3) is 0.375. The number of hydrogen-bond donors (Lipinski definition) is 2. The second-order valence-electron chi connectivity index (χ2n) is 4.99. The van der Waals surface area contributed by atoms with E-state index in [4.69, 9.17) is 0 Å². The molecule has 0 saturated heterocycles. The average molecular weight is 270 g/mol. The molecule has 0 unspecified atom stereocenters. The van der Waals surface area contributed by atoms with Crippen LogP contribution in [0.3, 0.4) is 0 Å². The number of benzene rings is 1. The molecule has 2 rings (SSSR count). The normalized spacial score (nSPS) is 10.4. The van der Waals surface area contributed by atoms with Crippen molar-refractivity contribution in [3.8, 4) is 0 Å². The fourth-order valence-corrected chi connectivity index (χ4v) is 2.04. The first-order valence-electron chi connectivity index (χ1n) is 6.94. The lowest BCUT2D eigenvalue weighted by Gasteiger charge is -2.14. The van der Waals surface area contributed by atoms with Crippen molar-refractivity contribution in [2.24, 2.45) is 0 Å². The molecule has 0 radical (unpaired) electrons. The molecule has 106 valence electrons. The zero-order chi connectivity index (χ0) is 14.7. The van der Waals surface area contributed by atoms with Gasteiger partial charge >= 0.3 is 0 Å². The van der Waals surface area contributed by atoms with Crippen LogP contribution >= 0.6 is 0 Å². The molecule has 2 aromatic rings. The molecule has 0 amide bonds. The number of anilines is 3. The van der Waals surface area contributed by atoms with Gasteiger partial charge in [-0.15, -0.1) is 0 Å². The second-order valence-corrected chi connectivity index (χ2v) is 4.99. The number of nitrogens with zero attached hydrogens (tertiary/aromatic N) is 2. The summed E-state index contributed by atoms with van der Waals surface area (Å²) in [6.07, 6.45) is 0.816. The third kappa shape index (κ3) is 2.90. The molecule has 0 aliphatic heterocycles. The van der Waals surface area contributed by atoms with Crippen LogP contribution in [-0.2, 0) is 6.42 Å². The topological polar surface area (TPSA) is 49.8 Å². The first-order chi connectivity index (χ1) is 9.55. The number of aromatic nitrogens is 2. The Morgan fingerprint density at radius 2 is 1.70 bits per heavy atom. The highest BCUT2D eigenvalue weighted by atomic mass is 15.1. The fourth-order valence-electron chi connectivity index (χ4n) is 2.04. The molecular formula is C16H22N4. The Hall–Kier alpha value is -2.10. The highest BCUT2D eigenvalue weighted by Crippen LogP contribution is 2.24. The molecule has 20 heavy (non-hydrogen) atoms. The molecule has 4 nitrogen and oxygen atoms in total. The lowest BCUT2D eigenvalue weighted by molar-refractivity contribution is 0.935. The van der Waals surface area contributed by atoms with Crippen molar-refractivity contribution < 1.29 is 0 Å². The summed E-state index contributed by atoms with van der Waals surface area (Å²) >= 11 is 0. The van der Waals surface area contributed by atoms with Gasteiger partial charge in [-0.1, -0.05) is 13.0 Å². The van der Waals surface area contributed by atoms with Crippen molar-refractivity contribution >= 4 is 17.3 Å². The number of nitrogens with one attached hydrogen (secondary N) is 2. The summed E-state index contributed by atoms with van der Waals surface area (Å²) in [5.41, 5.74) is 4.65. The molecule has 0 aliphatic rings. The van der Waals surface area contributed by atoms with Gasteiger partial charge in [-0.3, -0.25) is 0 Å². The quantitative estimate of drug-likeness (QED) is 0.888. The smallest absolute Gasteiger partial charge is 0.139 e. The van der Waals surface area contributed by atoms with Gasteiger partial charge in [0.05, 0.1) is 0 Å². The van der Waals surface area contributed by atoms with E-state index in [1.54, 1.807) is 0 Å². The maximum Gasteiger partial charge on any atom is 0.139 e. The van der Waals surface area contributed by atoms with Crippen molar-refractivity contribution in [2.75, 3.05) is 17.7 Å². The van der Waals surface area contributed by atoms with Crippen molar-refractivity contribution in [3.05, 3.63) is 40.7 Å². The molecule has 0 atom stereocenters. The van der Waals surface area contributed by atoms with Crippen molar-refractivity contribution in [1.29, 1.82) is 0 Å². The molecule has 0 aliphatic carbocycles. The van der Waals surface area contributed by atoms with Gasteiger partial charge in [0, 0.05) is 24.7 Å². The van der Waals surface area contributed by atoms with Gasteiger partial charge in [0.15, 0.2) is 0 Å². The Bertz CT molecular complexity index is 620. The van der Waals surface area contributed by atoms with E-state index in [0.29, 0.717) is 0 Å². The number of rotatable bonds is 4. The summed E-state index contributed by atoms with van der Waals surface area (Å²) in [5, 5.41) is 6.52. The molecule has 1 aromatic heterocycles. The Labute approximate surface area is 120 Å². The highest BCUT2D eigenvalue weighted by molar-refractivity contribution is 5.65.